The van der Waals surface area contributed by atoms with E-state index in [1.54, 1.807) is 18.9 Å². The highest BCUT2D eigenvalue weighted by molar-refractivity contribution is 7.91. The van der Waals surface area contributed by atoms with Crippen LogP contribution in [0.15, 0.2) is 54.6 Å². The molecule has 1 fully saturated rings. The fourth-order valence-corrected chi connectivity index (χ4v) is 4.90. The molecule has 0 aliphatic carbocycles. The van der Waals surface area contributed by atoms with E-state index in [1.165, 1.54) is 0 Å². The van der Waals surface area contributed by atoms with Crippen molar-refractivity contribution >= 4 is 21.4 Å². The zero-order valence-electron chi connectivity index (χ0n) is 15.5. The van der Waals surface area contributed by atoms with Crippen molar-refractivity contribution < 1.29 is 17.9 Å². The summed E-state index contributed by atoms with van der Waals surface area (Å²) in [6.07, 6.45) is 0.503. The highest BCUT2D eigenvalue weighted by atomic mass is 32.2. The van der Waals surface area contributed by atoms with Crippen LogP contribution in [0.4, 0.5) is 5.69 Å². The number of carbonyl (C=O) groups excluding carboxylic acids is 1. The summed E-state index contributed by atoms with van der Waals surface area (Å²) in [7, 11) is -1.35. The Labute approximate surface area is 160 Å². The number of amides is 1. The lowest BCUT2D eigenvalue weighted by atomic mass is 10.2. The summed E-state index contributed by atoms with van der Waals surface area (Å²) < 4.78 is 29.0. The summed E-state index contributed by atoms with van der Waals surface area (Å²) in [5, 5.41) is 3.16. The molecule has 144 valence electrons. The zero-order chi connectivity index (χ0) is 19.4. The second kappa shape index (κ2) is 8.00. The van der Waals surface area contributed by atoms with Crippen molar-refractivity contribution in [1.29, 1.82) is 0 Å². The smallest absolute Gasteiger partial charge is 0.244 e. The monoisotopic (exact) mass is 388 g/mol. The molecule has 0 radical (unpaired) electrons. The summed E-state index contributed by atoms with van der Waals surface area (Å²) in [4.78, 5) is 14.1. The number of anilines is 1. The second-order valence-corrected chi connectivity index (χ2v) is 9.04. The molecule has 1 amide bonds. The van der Waals surface area contributed by atoms with Gasteiger partial charge in [-0.15, -0.1) is 0 Å². The maximum Gasteiger partial charge on any atom is 0.244 e. The SMILES string of the molecule is CC(Nc1ccc(Oc2ccccc2)cc1)C(=O)N(C)C1CCS(=O)(=O)C1. The molecule has 7 heteroatoms. The van der Waals surface area contributed by atoms with Crippen LogP contribution in [0.25, 0.3) is 0 Å². The van der Waals surface area contributed by atoms with Crippen LogP contribution in [-0.2, 0) is 14.6 Å². The predicted molar refractivity (Wildman–Crippen MR) is 106 cm³/mol. The number of hydrogen-bond donors (Lipinski definition) is 1. The lowest BCUT2D eigenvalue weighted by Gasteiger charge is -2.27. The number of sulfone groups is 1. The van der Waals surface area contributed by atoms with Gasteiger partial charge in [0.25, 0.3) is 0 Å². The van der Waals surface area contributed by atoms with Gasteiger partial charge in [0.05, 0.1) is 11.5 Å². The van der Waals surface area contributed by atoms with Gasteiger partial charge in [0.15, 0.2) is 9.84 Å². The van der Waals surface area contributed by atoms with Crippen molar-refractivity contribution in [3.8, 4) is 11.5 Å². The zero-order valence-corrected chi connectivity index (χ0v) is 16.3. The molecule has 6 nitrogen and oxygen atoms in total. The van der Waals surface area contributed by atoms with Crippen molar-refractivity contribution in [3.63, 3.8) is 0 Å². The highest BCUT2D eigenvalue weighted by Gasteiger charge is 2.34. The van der Waals surface area contributed by atoms with Gasteiger partial charge in [0.1, 0.15) is 17.5 Å². The molecule has 2 aromatic rings. The van der Waals surface area contributed by atoms with E-state index in [9.17, 15) is 13.2 Å². The lowest BCUT2D eigenvalue weighted by molar-refractivity contribution is -0.132. The number of rotatable bonds is 6. The molecule has 0 aromatic heterocycles. The maximum absolute atomic E-state index is 12.6. The molecule has 2 unspecified atom stereocenters. The van der Waals surface area contributed by atoms with E-state index in [0.29, 0.717) is 12.2 Å². The Morgan fingerprint density at radius 1 is 1.11 bits per heavy atom. The summed E-state index contributed by atoms with van der Waals surface area (Å²) in [5.41, 5.74) is 0.795. The van der Waals surface area contributed by atoms with E-state index in [4.69, 9.17) is 4.74 Å². The normalized spacial score (nSPS) is 19.3. The first-order chi connectivity index (χ1) is 12.8. The Morgan fingerprint density at radius 2 is 1.74 bits per heavy atom. The van der Waals surface area contributed by atoms with E-state index in [0.717, 1.165) is 11.4 Å². The first-order valence-corrected chi connectivity index (χ1v) is 10.7. The summed E-state index contributed by atoms with van der Waals surface area (Å²) in [6, 6.07) is 16.2. The summed E-state index contributed by atoms with van der Waals surface area (Å²) in [6.45, 7) is 1.77. The van der Waals surface area contributed by atoms with E-state index in [1.807, 2.05) is 54.6 Å². The Kier molecular flexibility index (Phi) is 5.70. The van der Waals surface area contributed by atoms with E-state index in [2.05, 4.69) is 5.32 Å². The fraction of sp³-hybridized carbons (Fsp3) is 0.350. The van der Waals surface area contributed by atoms with Gasteiger partial charge < -0.3 is 15.0 Å². The number of benzene rings is 2. The minimum atomic E-state index is -3.02. The van der Waals surface area contributed by atoms with Crippen LogP contribution in [0.3, 0.4) is 0 Å². The van der Waals surface area contributed by atoms with Crippen molar-refractivity contribution in [2.75, 3.05) is 23.9 Å². The van der Waals surface area contributed by atoms with Gasteiger partial charge in [0.2, 0.25) is 5.91 Å². The topological polar surface area (TPSA) is 75.7 Å². The first-order valence-electron chi connectivity index (χ1n) is 8.91. The molecular weight excluding hydrogens is 364 g/mol. The van der Waals surface area contributed by atoms with Crippen LogP contribution in [-0.4, -0.2) is 49.9 Å². The van der Waals surface area contributed by atoms with Crippen LogP contribution >= 0.6 is 0 Å². The molecule has 1 N–H and O–H groups in total. The largest absolute Gasteiger partial charge is 0.457 e. The lowest BCUT2D eigenvalue weighted by Crippen LogP contribution is -2.45. The van der Waals surface area contributed by atoms with Gasteiger partial charge in [-0.2, -0.15) is 0 Å². The molecule has 0 bridgehead atoms. The van der Waals surface area contributed by atoms with Crippen molar-refractivity contribution in [1.82, 2.24) is 4.90 Å². The molecule has 1 aliphatic heterocycles. The van der Waals surface area contributed by atoms with Gasteiger partial charge in [-0.1, -0.05) is 18.2 Å². The second-order valence-electron chi connectivity index (χ2n) is 6.81. The number of para-hydroxylation sites is 1. The number of carbonyl (C=O) groups is 1. The number of ether oxygens (including phenoxy) is 1. The molecule has 2 atom stereocenters. The van der Waals surface area contributed by atoms with Crippen molar-refractivity contribution in [3.05, 3.63) is 54.6 Å². The van der Waals surface area contributed by atoms with Crippen LogP contribution in [0.1, 0.15) is 13.3 Å². The average Bonchev–Trinajstić information content (AvgIpc) is 3.02. The van der Waals surface area contributed by atoms with Crippen LogP contribution in [0, 0.1) is 0 Å². The minimum Gasteiger partial charge on any atom is -0.457 e. The molecule has 2 aromatic carbocycles. The molecule has 1 aliphatic rings. The molecule has 0 saturated carbocycles. The van der Waals surface area contributed by atoms with Crippen LogP contribution in [0.2, 0.25) is 0 Å². The molecule has 27 heavy (non-hydrogen) atoms. The fourth-order valence-electron chi connectivity index (χ4n) is 3.12. The van der Waals surface area contributed by atoms with Crippen LogP contribution < -0.4 is 10.1 Å². The van der Waals surface area contributed by atoms with E-state index >= 15 is 0 Å². The number of likely N-dealkylation sites (N-methyl/N-ethyl adjacent to an activating group) is 1. The Balaban J connectivity index is 1.57. The number of nitrogens with one attached hydrogen (secondary N) is 1. The quantitative estimate of drug-likeness (QED) is 0.823. The molecule has 0 spiro atoms. The average molecular weight is 388 g/mol. The number of hydrogen-bond acceptors (Lipinski definition) is 5. The predicted octanol–water partition coefficient (Wildman–Crippen LogP) is 2.92. The standard InChI is InChI=1S/C20H24N2O4S/c1-15(20(23)22(2)17-12-13-27(24,25)14-17)21-16-8-10-19(11-9-16)26-18-6-4-3-5-7-18/h3-11,15,17,21H,12-14H2,1-2H3. The maximum atomic E-state index is 12.6. The van der Waals surface area contributed by atoms with Gasteiger partial charge >= 0.3 is 0 Å². The van der Waals surface area contributed by atoms with E-state index < -0.39 is 15.9 Å². The first kappa shape index (κ1) is 19.2. The Hall–Kier alpha value is -2.54. The molecule has 1 heterocycles. The molecule has 3 rings (SSSR count). The third-order valence-corrected chi connectivity index (χ3v) is 6.44. The number of nitrogens with zero attached hydrogens (tertiary/aromatic N) is 1. The third kappa shape index (κ3) is 5.01. The van der Waals surface area contributed by atoms with E-state index in [-0.39, 0.29) is 23.5 Å². The Morgan fingerprint density at radius 3 is 2.33 bits per heavy atom. The van der Waals surface area contributed by atoms with Gasteiger partial charge in [-0.05, 0) is 49.7 Å². The van der Waals surface area contributed by atoms with Gasteiger partial charge in [-0.25, -0.2) is 8.42 Å². The Bertz CT molecular complexity index is 882. The summed E-state index contributed by atoms with van der Waals surface area (Å²) in [5.74, 6) is 1.55. The molecular formula is C20H24N2O4S. The van der Waals surface area contributed by atoms with Gasteiger partial charge in [0, 0.05) is 18.8 Å². The van der Waals surface area contributed by atoms with Gasteiger partial charge in [-0.3, -0.25) is 4.79 Å². The van der Waals surface area contributed by atoms with Crippen LogP contribution in [0.5, 0.6) is 11.5 Å². The molecule has 1 saturated heterocycles. The van der Waals surface area contributed by atoms with Crippen molar-refractivity contribution in [2.45, 2.75) is 25.4 Å². The third-order valence-electron chi connectivity index (χ3n) is 4.69. The highest BCUT2D eigenvalue weighted by Crippen LogP contribution is 2.23. The minimum absolute atomic E-state index is 0.0491. The summed E-state index contributed by atoms with van der Waals surface area (Å²) >= 11 is 0. The van der Waals surface area contributed by atoms with Crippen molar-refractivity contribution in [2.24, 2.45) is 0 Å².